The lowest BCUT2D eigenvalue weighted by Gasteiger charge is -2.25. The smallest absolute Gasteiger partial charge is 0.148 e. The Morgan fingerprint density at radius 1 is 1.06 bits per heavy atom. The number of ketones is 1. The molecule has 1 aromatic carbocycles. The minimum absolute atomic E-state index is 0.291. The maximum Gasteiger partial charge on any atom is 0.148 e. The molecule has 2 rings (SSSR count). The number of carbonyl (C=O) groups excluding carboxylic acids is 1. The van der Waals surface area contributed by atoms with Gasteiger partial charge in [0.1, 0.15) is 19.3 Å². The molecule has 0 aromatic heterocycles. The maximum absolute atomic E-state index is 11.0. The molecule has 0 atom stereocenters. The second kappa shape index (κ2) is 7.26. The summed E-state index contributed by atoms with van der Waals surface area (Å²) in [6.45, 7) is 3.01. The Bertz CT molecular complexity index is 357. The quantitative estimate of drug-likeness (QED) is 0.569. The van der Waals surface area contributed by atoms with Crippen molar-refractivity contribution in [3.63, 3.8) is 0 Å². The topological polar surface area (TPSA) is 38.8 Å². The molecule has 18 heavy (non-hydrogen) atoms. The van der Waals surface area contributed by atoms with Gasteiger partial charge in [-0.2, -0.15) is 0 Å². The van der Waals surface area contributed by atoms with Crippen LogP contribution in [0.3, 0.4) is 0 Å². The fourth-order valence-electron chi connectivity index (χ4n) is 1.89. The fraction of sp³-hybridized carbons (Fsp3) is 0.500. The monoisotopic (exact) mass is 249 g/mol. The molecule has 1 aromatic rings. The minimum Gasteiger partial charge on any atom is -0.351 e. The van der Waals surface area contributed by atoms with Crippen LogP contribution in [0.5, 0.6) is 0 Å². The highest BCUT2D eigenvalue weighted by molar-refractivity contribution is 5.79. The average molecular weight is 249 g/mol. The molecule has 98 valence electrons. The average Bonchev–Trinajstić information content (AvgIpc) is 2.42. The highest BCUT2D eigenvalue weighted by atomic mass is 16.7. The summed E-state index contributed by atoms with van der Waals surface area (Å²) in [6.07, 6.45) is 1.29. The summed E-state index contributed by atoms with van der Waals surface area (Å²) in [5.74, 6) is 0.353. The van der Waals surface area contributed by atoms with Crippen molar-refractivity contribution < 1.29 is 14.3 Å². The van der Waals surface area contributed by atoms with Gasteiger partial charge in [-0.1, -0.05) is 30.3 Å². The number of Topliss-reactive ketones (excluding diaryl/α,β-unsaturated/α-hetero) is 1. The van der Waals surface area contributed by atoms with E-state index < -0.39 is 0 Å². The Morgan fingerprint density at radius 2 is 1.78 bits per heavy atom. The Balaban J connectivity index is 1.52. The zero-order valence-electron chi connectivity index (χ0n) is 10.5. The molecule has 0 aliphatic carbocycles. The van der Waals surface area contributed by atoms with Crippen molar-refractivity contribution in [1.29, 1.82) is 0 Å². The van der Waals surface area contributed by atoms with E-state index in [0.29, 0.717) is 38.8 Å². The molecule has 1 aliphatic rings. The normalized spacial score (nSPS) is 17.0. The molecule has 0 N–H and O–H groups in total. The van der Waals surface area contributed by atoms with Gasteiger partial charge in [0.15, 0.2) is 0 Å². The van der Waals surface area contributed by atoms with Crippen LogP contribution in [0.15, 0.2) is 30.3 Å². The number of likely N-dealkylation sites (tertiary alicyclic amines) is 1. The van der Waals surface area contributed by atoms with Gasteiger partial charge in [-0.05, 0) is 5.56 Å². The Hall–Kier alpha value is -1.23. The zero-order valence-corrected chi connectivity index (χ0v) is 10.5. The van der Waals surface area contributed by atoms with Crippen molar-refractivity contribution in [1.82, 2.24) is 4.90 Å². The van der Waals surface area contributed by atoms with Crippen LogP contribution in [-0.4, -0.2) is 37.3 Å². The van der Waals surface area contributed by atoms with Crippen LogP contribution in [0.1, 0.15) is 18.4 Å². The number of rotatable bonds is 6. The van der Waals surface area contributed by atoms with E-state index in [9.17, 15) is 4.79 Å². The number of nitrogens with zero attached hydrogens (tertiary/aromatic N) is 1. The van der Waals surface area contributed by atoms with E-state index in [1.165, 1.54) is 0 Å². The van der Waals surface area contributed by atoms with Gasteiger partial charge in [-0.15, -0.1) is 0 Å². The van der Waals surface area contributed by atoms with Crippen molar-refractivity contribution in [3.8, 4) is 0 Å². The summed E-state index contributed by atoms with van der Waals surface area (Å²) < 4.78 is 10.8. The van der Waals surface area contributed by atoms with Crippen LogP contribution in [0.25, 0.3) is 0 Å². The number of benzene rings is 1. The molecular formula is C14H19NO3. The van der Waals surface area contributed by atoms with Gasteiger partial charge in [0.05, 0.1) is 6.61 Å². The molecule has 0 spiro atoms. The highest BCUT2D eigenvalue weighted by Gasteiger charge is 2.15. The summed E-state index contributed by atoms with van der Waals surface area (Å²) in [4.78, 5) is 13.2. The van der Waals surface area contributed by atoms with Crippen molar-refractivity contribution in [2.75, 3.05) is 26.6 Å². The summed E-state index contributed by atoms with van der Waals surface area (Å²) >= 11 is 0. The molecule has 1 aliphatic heterocycles. The molecule has 1 fully saturated rings. The van der Waals surface area contributed by atoms with Crippen molar-refractivity contribution in [2.45, 2.75) is 19.4 Å². The standard InChI is InChI=1S/C14H19NO3/c16-14-6-8-15(9-7-14)11-18-12-17-10-13-4-2-1-3-5-13/h1-5H,6-12H2. The van der Waals surface area contributed by atoms with Crippen molar-refractivity contribution in [3.05, 3.63) is 35.9 Å². The lowest BCUT2D eigenvalue weighted by molar-refractivity contribution is -0.126. The highest BCUT2D eigenvalue weighted by Crippen LogP contribution is 2.05. The van der Waals surface area contributed by atoms with Gasteiger partial charge in [0.25, 0.3) is 0 Å². The van der Waals surface area contributed by atoms with Crippen LogP contribution in [0.4, 0.5) is 0 Å². The molecule has 0 amide bonds. The molecule has 0 saturated carbocycles. The lowest BCUT2D eigenvalue weighted by Crippen LogP contribution is -2.35. The number of hydrogen-bond acceptors (Lipinski definition) is 4. The van der Waals surface area contributed by atoms with E-state index in [0.717, 1.165) is 18.7 Å². The van der Waals surface area contributed by atoms with Gasteiger partial charge >= 0.3 is 0 Å². The predicted molar refractivity (Wildman–Crippen MR) is 67.9 cm³/mol. The molecule has 4 heteroatoms. The maximum atomic E-state index is 11.0. The first kappa shape index (κ1) is 13.2. The fourth-order valence-corrected chi connectivity index (χ4v) is 1.89. The van der Waals surface area contributed by atoms with Gasteiger partial charge < -0.3 is 9.47 Å². The third kappa shape index (κ3) is 4.56. The molecule has 0 unspecified atom stereocenters. The first-order valence-corrected chi connectivity index (χ1v) is 6.28. The number of carbonyl (C=O) groups is 1. The van der Waals surface area contributed by atoms with Crippen LogP contribution in [0, 0.1) is 0 Å². The van der Waals surface area contributed by atoms with E-state index in [4.69, 9.17) is 9.47 Å². The second-order valence-electron chi connectivity index (χ2n) is 4.44. The van der Waals surface area contributed by atoms with Crippen LogP contribution in [-0.2, 0) is 20.9 Å². The summed E-state index contributed by atoms with van der Waals surface area (Å²) in [5, 5.41) is 0. The largest absolute Gasteiger partial charge is 0.351 e. The van der Waals surface area contributed by atoms with Crippen LogP contribution in [0.2, 0.25) is 0 Å². The van der Waals surface area contributed by atoms with Crippen molar-refractivity contribution in [2.24, 2.45) is 0 Å². The first-order valence-electron chi connectivity index (χ1n) is 6.28. The second-order valence-corrected chi connectivity index (χ2v) is 4.44. The number of piperidine rings is 1. The van der Waals surface area contributed by atoms with Crippen molar-refractivity contribution >= 4 is 5.78 Å². The van der Waals surface area contributed by atoms with E-state index in [2.05, 4.69) is 4.90 Å². The van der Waals surface area contributed by atoms with Gasteiger partial charge in [0.2, 0.25) is 0 Å². The molecule has 1 saturated heterocycles. The summed E-state index contributed by atoms with van der Waals surface area (Å²) in [6, 6.07) is 10.0. The minimum atomic E-state index is 0.291. The summed E-state index contributed by atoms with van der Waals surface area (Å²) in [5.41, 5.74) is 1.14. The molecule has 4 nitrogen and oxygen atoms in total. The molecular weight excluding hydrogens is 230 g/mol. The van der Waals surface area contributed by atoms with E-state index in [1.807, 2.05) is 30.3 Å². The van der Waals surface area contributed by atoms with E-state index >= 15 is 0 Å². The Labute approximate surface area is 107 Å². The lowest BCUT2D eigenvalue weighted by atomic mass is 10.1. The molecule has 0 radical (unpaired) electrons. The van der Waals surface area contributed by atoms with Gasteiger partial charge in [-0.25, -0.2) is 0 Å². The van der Waals surface area contributed by atoms with Gasteiger partial charge in [0, 0.05) is 25.9 Å². The predicted octanol–water partition coefficient (Wildman–Crippen LogP) is 1.80. The SMILES string of the molecule is O=C1CCN(COCOCc2ccccc2)CC1. The third-order valence-corrected chi connectivity index (χ3v) is 2.97. The Morgan fingerprint density at radius 3 is 2.50 bits per heavy atom. The van der Waals surface area contributed by atoms with Gasteiger partial charge in [-0.3, -0.25) is 9.69 Å². The first-order chi connectivity index (χ1) is 8.84. The van der Waals surface area contributed by atoms with E-state index in [1.54, 1.807) is 0 Å². The van der Waals surface area contributed by atoms with Crippen LogP contribution >= 0.6 is 0 Å². The summed E-state index contributed by atoms with van der Waals surface area (Å²) in [7, 11) is 0. The molecule has 0 bridgehead atoms. The Kier molecular flexibility index (Phi) is 5.33. The number of hydrogen-bond donors (Lipinski definition) is 0. The molecule has 1 heterocycles. The van der Waals surface area contributed by atoms with Crippen LogP contribution < -0.4 is 0 Å². The third-order valence-electron chi connectivity index (χ3n) is 2.97. The zero-order chi connectivity index (χ0) is 12.6. The number of ether oxygens (including phenoxy) is 2. The van der Waals surface area contributed by atoms with E-state index in [-0.39, 0.29) is 0 Å².